The second-order valence-electron chi connectivity index (χ2n) is 8.60. The third-order valence-electron chi connectivity index (χ3n) is 6.13. The minimum atomic E-state index is -0.279. The van der Waals surface area contributed by atoms with Crippen molar-refractivity contribution in [1.29, 1.82) is 0 Å². The Morgan fingerprint density at radius 2 is 1.62 bits per heavy atom. The summed E-state index contributed by atoms with van der Waals surface area (Å²) in [6.07, 6.45) is 4.06. The number of nitrogens with one attached hydrogen (secondary N) is 1. The Balaban J connectivity index is 1.26. The smallest absolute Gasteiger partial charge is 0.261 e. The first-order valence-electron chi connectivity index (χ1n) is 11.6. The lowest BCUT2D eigenvalue weighted by Gasteiger charge is -2.23. The van der Waals surface area contributed by atoms with Crippen molar-refractivity contribution in [3.05, 3.63) is 100 Å². The fourth-order valence-corrected chi connectivity index (χ4v) is 5.60. The van der Waals surface area contributed by atoms with Crippen LogP contribution in [0, 0.1) is 0 Å². The van der Waals surface area contributed by atoms with Gasteiger partial charge in [-0.1, -0.05) is 53.8 Å². The maximum atomic E-state index is 13.0. The number of nitrogens with zero attached hydrogens (tertiary/aromatic N) is 5. The molecular formula is C27H19BrN6O2S. The largest absolute Gasteiger partial charge is 0.355 e. The number of rotatable bonds is 7. The van der Waals surface area contributed by atoms with Crippen LogP contribution in [-0.2, 0) is 6.42 Å². The Bertz CT molecular complexity index is 1610. The van der Waals surface area contributed by atoms with Crippen molar-refractivity contribution in [2.45, 2.75) is 12.5 Å². The van der Waals surface area contributed by atoms with E-state index in [4.69, 9.17) is 4.98 Å². The van der Waals surface area contributed by atoms with Crippen LogP contribution in [0.2, 0.25) is 0 Å². The molecule has 2 aromatic carbocycles. The highest BCUT2D eigenvalue weighted by Crippen LogP contribution is 2.30. The third-order valence-corrected chi connectivity index (χ3v) is 7.59. The van der Waals surface area contributed by atoms with E-state index in [9.17, 15) is 9.59 Å². The first-order valence-corrected chi connectivity index (χ1v) is 13.2. The molecule has 1 atom stereocenters. The van der Waals surface area contributed by atoms with Gasteiger partial charge in [0.1, 0.15) is 5.69 Å². The van der Waals surface area contributed by atoms with Gasteiger partial charge in [0, 0.05) is 24.3 Å². The van der Waals surface area contributed by atoms with Gasteiger partial charge in [0.15, 0.2) is 5.01 Å². The fraction of sp³-hybridized carbons (Fsp3) is 0.111. The summed E-state index contributed by atoms with van der Waals surface area (Å²) in [5.41, 5.74) is 3.45. The van der Waals surface area contributed by atoms with Crippen LogP contribution < -0.4 is 5.32 Å². The van der Waals surface area contributed by atoms with Gasteiger partial charge < -0.3 is 5.32 Å². The summed E-state index contributed by atoms with van der Waals surface area (Å²) in [4.78, 5) is 36.2. The molecule has 0 fully saturated rings. The van der Waals surface area contributed by atoms with Gasteiger partial charge in [-0.2, -0.15) is 0 Å². The van der Waals surface area contributed by atoms with Gasteiger partial charge in [-0.3, -0.25) is 19.5 Å². The maximum Gasteiger partial charge on any atom is 0.261 e. The van der Waals surface area contributed by atoms with E-state index < -0.39 is 0 Å². The average molecular weight is 571 g/mol. The molecule has 0 spiro atoms. The molecule has 5 aromatic rings. The summed E-state index contributed by atoms with van der Waals surface area (Å²) in [6.45, 7) is 0.199. The lowest BCUT2D eigenvalue weighted by atomic mass is 10.1. The highest BCUT2D eigenvalue weighted by atomic mass is 79.9. The zero-order valence-electron chi connectivity index (χ0n) is 19.3. The van der Waals surface area contributed by atoms with Gasteiger partial charge in [0.2, 0.25) is 5.13 Å². The van der Waals surface area contributed by atoms with Crippen molar-refractivity contribution in [1.82, 2.24) is 25.1 Å². The zero-order chi connectivity index (χ0) is 25.4. The quantitative estimate of drug-likeness (QED) is 0.267. The van der Waals surface area contributed by atoms with E-state index in [0.29, 0.717) is 33.4 Å². The normalized spacial score (nSPS) is 13.7. The minimum absolute atomic E-state index is 0.199. The number of amides is 2. The summed E-state index contributed by atoms with van der Waals surface area (Å²) in [5.74, 6) is -0.558. The van der Waals surface area contributed by atoms with Gasteiger partial charge in [-0.05, 0) is 52.2 Å². The molecule has 0 aliphatic carbocycles. The van der Waals surface area contributed by atoms with E-state index >= 15 is 0 Å². The SMILES string of the molecule is O=C1c2ccccc2C(=O)N1C[C@@H](Cc1ccccc1)Nc1nnc(-c2ccc3cncc(Br)c3n2)s1. The Labute approximate surface area is 224 Å². The summed E-state index contributed by atoms with van der Waals surface area (Å²) < 4.78 is 0.804. The van der Waals surface area contributed by atoms with Crippen molar-refractivity contribution >= 4 is 55.1 Å². The van der Waals surface area contributed by atoms with Crippen molar-refractivity contribution in [2.24, 2.45) is 0 Å². The zero-order valence-corrected chi connectivity index (χ0v) is 21.7. The van der Waals surface area contributed by atoms with Crippen molar-refractivity contribution in [3.63, 3.8) is 0 Å². The lowest BCUT2D eigenvalue weighted by molar-refractivity contribution is 0.0647. The van der Waals surface area contributed by atoms with Crippen LogP contribution in [-0.4, -0.2) is 49.5 Å². The number of pyridine rings is 2. The predicted octanol–water partition coefficient (Wildman–Crippen LogP) is 5.23. The molecule has 3 aromatic heterocycles. The molecular weight excluding hydrogens is 552 g/mol. The number of benzene rings is 2. The van der Waals surface area contributed by atoms with E-state index in [0.717, 1.165) is 20.9 Å². The number of halogens is 1. The highest BCUT2D eigenvalue weighted by Gasteiger charge is 2.36. The van der Waals surface area contributed by atoms with Gasteiger partial charge in [-0.15, -0.1) is 10.2 Å². The predicted molar refractivity (Wildman–Crippen MR) is 146 cm³/mol. The number of imide groups is 1. The second kappa shape index (κ2) is 9.79. The van der Waals surface area contributed by atoms with Crippen LogP contribution in [0.25, 0.3) is 21.6 Å². The van der Waals surface area contributed by atoms with Crippen LogP contribution in [0.3, 0.4) is 0 Å². The van der Waals surface area contributed by atoms with Gasteiger partial charge in [0.25, 0.3) is 11.8 Å². The van der Waals surface area contributed by atoms with E-state index in [1.165, 1.54) is 16.2 Å². The molecule has 0 saturated heterocycles. The van der Waals surface area contributed by atoms with E-state index in [1.807, 2.05) is 42.5 Å². The van der Waals surface area contributed by atoms with Crippen LogP contribution in [0.1, 0.15) is 26.3 Å². The van der Waals surface area contributed by atoms with Gasteiger partial charge >= 0.3 is 0 Å². The topological polar surface area (TPSA) is 101 Å². The maximum absolute atomic E-state index is 13.0. The second-order valence-corrected chi connectivity index (χ2v) is 10.4. The summed E-state index contributed by atoms with van der Waals surface area (Å²) in [6, 6.07) is 20.4. The molecule has 1 aliphatic rings. The van der Waals surface area contributed by atoms with Crippen molar-refractivity contribution in [3.8, 4) is 10.7 Å². The first-order chi connectivity index (χ1) is 18.1. The summed E-state index contributed by atoms with van der Waals surface area (Å²) in [7, 11) is 0. The minimum Gasteiger partial charge on any atom is -0.355 e. The Kier molecular flexibility index (Phi) is 6.19. The number of carbonyl (C=O) groups excluding carboxylic acids is 2. The molecule has 0 bridgehead atoms. The molecule has 0 radical (unpaired) electrons. The molecule has 37 heavy (non-hydrogen) atoms. The van der Waals surface area contributed by atoms with Crippen LogP contribution in [0.4, 0.5) is 5.13 Å². The molecule has 1 N–H and O–H groups in total. The molecule has 182 valence electrons. The monoisotopic (exact) mass is 570 g/mol. The van der Waals surface area contributed by atoms with Crippen LogP contribution in [0.5, 0.6) is 0 Å². The molecule has 0 unspecified atom stereocenters. The fourth-order valence-electron chi connectivity index (χ4n) is 4.37. The molecule has 6 rings (SSSR count). The number of hydrogen-bond donors (Lipinski definition) is 1. The summed E-state index contributed by atoms with van der Waals surface area (Å²) in [5, 5.41) is 14.3. The number of anilines is 1. The van der Waals surface area contributed by atoms with Crippen molar-refractivity contribution in [2.75, 3.05) is 11.9 Å². The Morgan fingerprint density at radius 3 is 2.38 bits per heavy atom. The number of hydrogen-bond acceptors (Lipinski definition) is 8. The first kappa shape index (κ1) is 23.4. The number of carbonyl (C=O) groups is 2. The molecule has 4 heterocycles. The molecule has 10 heteroatoms. The van der Waals surface area contributed by atoms with E-state index in [1.54, 1.807) is 36.7 Å². The molecule has 1 aliphatic heterocycles. The number of aromatic nitrogens is 4. The summed E-state index contributed by atoms with van der Waals surface area (Å²) >= 11 is 4.88. The lowest BCUT2D eigenvalue weighted by Crippen LogP contribution is -2.41. The van der Waals surface area contributed by atoms with Crippen LogP contribution in [0.15, 0.2) is 83.6 Å². The number of fused-ring (bicyclic) bond motifs is 2. The van der Waals surface area contributed by atoms with Crippen LogP contribution >= 0.6 is 27.3 Å². The Hall–Kier alpha value is -4.02. The van der Waals surface area contributed by atoms with E-state index in [-0.39, 0.29) is 24.4 Å². The van der Waals surface area contributed by atoms with E-state index in [2.05, 4.69) is 36.4 Å². The third kappa shape index (κ3) is 4.61. The average Bonchev–Trinajstić information content (AvgIpc) is 3.48. The van der Waals surface area contributed by atoms with Gasteiger partial charge in [-0.25, -0.2) is 4.98 Å². The molecule has 0 saturated carbocycles. The van der Waals surface area contributed by atoms with Gasteiger partial charge in [0.05, 0.1) is 27.2 Å². The van der Waals surface area contributed by atoms with Crippen molar-refractivity contribution < 1.29 is 9.59 Å². The Morgan fingerprint density at radius 1 is 0.892 bits per heavy atom. The standard InChI is InChI=1S/C27H19BrN6O2S/c28-21-14-29-13-17-10-11-22(31-23(17)21)24-32-33-27(37-24)30-18(12-16-6-2-1-3-7-16)15-34-25(35)19-8-4-5-9-20(19)26(34)36/h1-11,13-14,18H,12,15H2,(H,30,33)/t18-/m1/s1. The molecule has 8 nitrogen and oxygen atoms in total. The highest BCUT2D eigenvalue weighted by molar-refractivity contribution is 9.10. The molecule has 2 amide bonds.